The largest absolute Gasteiger partial charge is 0.470 e. The second-order valence-electron chi connectivity index (χ2n) is 7.51. The number of nitriles is 1. The minimum atomic E-state index is -0.511. The Morgan fingerprint density at radius 3 is 2.50 bits per heavy atom. The summed E-state index contributed by atoms with van der Waals surface area (Å²) in [5, 5.41) is 15.5. The second-order valence-corrected chi connectivity index (χ2v) is 7.51. The number of ether oxygens (including phenoxy) is 1. The van der Waals surface area contributed by atoms with Crippen molar-refractivity contribution < 1.29 is 9.53 Å². The monoisotopic (exact) mass is 429 g/mol. The smallest absolute Gasteiger partial charge is 0.250 e. The molecule has 4 N–H and O–H groups in total. The van der Waals surface area contributed by atoms with Crippen molar-refractivity contribution in [1.29, 1.82) is 5.26 Å². The number of hydrogen-bond donors (Lipinski definition) is 3. The van der Waals surface area contributed by atoms with Crippen LogP contribution in [0.1, 0.15) is 34.3 Å². The second kappa shape index (κ2) is 11.5. The van der Waals surface area contributed by atoms with Gasteiger partial charge in [-0.1, -0.05) is 55.5 Å². The lowest BCUT2D eigenvalue weighted by Crippen LogP contribution is -2.40. The molecule has 0 fully saturated rings. The zero-order valence-corrected chi connectivity index (χ0v) is 18.0. The van der Waals surface area contributed by atoms with Crippen molar-refractivity contribution in [2.75, 3.05) is 25.0 Å². The predicted molar refractivity (Wildman–Crippen MR) is 125 cm³/mol. The van der Waals surface area contributed by atoms with Gasteiger partial charge in [-0.15, -0.1) is 0 Å². The number of benzene rings is 2. The van der Waals surface area contributed by atoms with Crippen LogP contribution in [-0.4, -0.2) is 36.6 Å². The number of pyridine rings is 1. The van der Waals surface area contributed by atoms with Gasteiger partial charge in [0.25, 0.3) is 0 Å². The van der Waals surface area contributed by atoms with E-state index in [2.05, 4.69) is 28.6 Å². The highest BCUT2D eigenvalue weighted by molar-refractivity contribution is 5.93. The lowest BCUT2D eigenvalue weighted by atomic mass is 10.00. The minimum Gasteiger partial charge on any atom is -0.470 e. The van der Waals surface area contributed by atoms with Crippen molar-refractivity contribution in [3.05, 3.63) is 89.6 Å². The van der Waals surface area contributed by atoms with Gasteiger partial charge in [0.1, 0.15) is 6.10 Å². The van der Waals surface area contributed by atoms with E-state index < -0.39 is 5.91 Å². The fourth-order valence-corrected chi connectivity index (χ4v) is 3.19. The number of amides is 1. The molecule has 0 saturated heterocycles. The van der Waals surface area contributed by atoms with Crippen molar-refractivity contribution in [3.8, 4) is 11.9 Å². The van der Waals surface area contributed by atoms with Crippen LogP contribution in [-0.2, 0) is 0 Å². The maximum Gasteiger partial charge on any atom is 0.250 e. The van der Waals surface area contributed by atoms with Gasteiger partial charge in [0.15, 0.2) is 0 Å². The van der Waals surface area contributed by atoms with Crippen LogP contribution in [0.15, 0.2) is 72.9 Å². The van der Waals surface area contributed by atoms with Gasteiger partial charge in [-0.2, -0.15) is 5.26 Å². The van der Waals surface area contributed by atoms with Crippen LogP contribution < -0.4 is 21.1 Å². The Hall–Kier alpha value is -3.89. The Kier molecular flexibility index (Phi) is 8.18. The number of nitrogens with two attached hydrogens (primary N) is 1. The molecule has 0 saturated carbocycles. The summed E-state index contributed by atoms with van der Waals surface area (Å²) in [6.45, 7) is 4.23. The summed E-state index contributed by atoms with van der Waals surface area (Å²) in [7, 11) is 0. The molecule has 1 aromatic heterocycles. The summed E-state index contributed by atoms with van der Waals surface area (Å²) in [6.07, 6.45) is 1.37. The van der Waals surface area contributed by atoms with E-state index >= 15 is 0 Å². The highest BCUT2D eigenvalue weighted by atomic mass is 16.5. The first-order valence-electron chi connectivity index (χ1n) is 10.5. The topological polar surface area (TPSA) is 113 Å². The Balaban J connectivity index is 0.000000416. The van der Waals surface area contributed by atoms with Crippen molar-refractivity contribution >= 4 is 11.6 Å². The Bertz CT molecular complexity index is 1020. The normalized spacial score (nSPS) is 14.9. The fourth-order valence-electron chi connectivity index (χ4n) is 3.19. The molecule has 2 unspecified atom stereocenters. The van der Waals surface area contributed by atoms with Gasteiger partial charge in [-0.3, -0.25) is 4.79 Å². The predicted octanol–water partition coefficient (Wildman–Crippen LogP) is 3.30. The van der Waals surface area contributed by atoms with E-state index in [0.29, 0.717) is 41.7 Å². The number of hydrogen-bond acceptors (Lipinski definition) is 6. The van der Waals surface area contributed by atoms with Gasteiger partial charge in [0.05, 0.1) is 29.4 Å². The average molecular weight is 430 g/mol. The van der Waals surface area contributed by atoms with E-state index in [9.17, 15) is 4.79 Å². The Morgan fingerprint density at radius 1 is 1.25 bits per heavy atom. The van der Waals surface area contributed by atoms with Crippen molar-refractivity contribution in [2.24, 2.45) is 5.73 Å². The molecule has 0 radical (unpaired) electrons. The maximum absolute atomic E-state index is 11.2. The fraction of sp³-hybridized carbons (Fsp3) is 0.240. The van der Waals surface area contributed by atoms with Gasteiger partial charge < -0.3 is 21.1 Å². The Morgan fingerprint density at radius 2 is 1.91 bits per heavy atom. The summed E-state index contributed by atoms with van der Waals surface area (Å²) in [5.41, 5.74) is 8.15. The molecule has 32 heavy (non-hydrogen) atoms. The third-order valence-corrected chi connectivity index (χ3v) is 5.03. The van der Waals surface area contributed by atoms with Gasteiger partial charge in [-0.25, -0.2) is 4.98 Å². The molecule has 1 amide bonds. The number of nitrogens with one attached hydrogen (secondary N) is 2. The van der Waals surface area contributed by atoms with Crippen LogP contribution in [0, 0.1) is 11.3 Å². The van der Waals surface area contributed by atoms with Crippen LogP contribution in [0.25, 0.3) is 0 Å². The molecule has 0 bridgehead atoms. The molecule has 1 aliphatic rings. The first-order chi connectivity index (χ1) is 15.6. The molecule has 2 aromatic carbocycles. The molecule has 4 rings (SSSR count). The Labute approximate surface area is 188 Å². The molecule has 2 atom stereocenters. The lowest BCUT2D eigenvalue weighted by molar-refractivity contribution is 0.0999. The number of carbonyl (C=O) groups excluding carboxylic acids is 1. The molecule has 0 spiro atoms. The van der Waals surface area contributed by atoms with Gasteiger partial charge in [0.2, 0.25) is 11.8 Å². The molecule has 7 nitrogen and oxygen atoms in total. The van der Waals surface area contributed by atoms with E-state index in [-0.39, 0.29) is 6.10 Å². The van der Waals surface area contributed by atoms with Crippen LogP contribution in [0.3, 0.4) is 0 Å². The molecule has 1 aliphatic heterocycles. The number of fused-ring (bicyclic) bond motifs is 1. The van der Waals surface area contributed by atoms with E-state index in [0.717, 1.165) is 6.54 Å². The number of carbonyl (C=O) groups is 1. The van der Waals surface area contributed by atoms with Crippen molar-refractivity contribution in [1.82, 2.24) is 10.3 Å². The third-order valence-electron chi connectivity index (χ3n) is 5.03. The third kappa shape index (κ3) is 6.56. The van der Waals surface area contributed by atoms with E-state index in [1.807, 2.05) is 60.7 Å². The average Bonchev–Trinajstić information content (AvgIpc) is 2.85. The highest BCUT2D eigenvalue weighted by Gasteiger charge is 2.21. The maximum atomic E-state index is 11.2. The summed E-state index contributed by atoms with van der Waals surface area (Å²) in [5.74, 6) is 0.290. The molecule has 7 heteroatoms. The van der Waals surface area contributed by atoms with Crippen LogP contribution in [0.2, 0.25) is 0 Å². The molecule has 3 aromatic rings. The zero-order valence-electron chi connectivity index (χ0n) is 18.0. The van der Waals surface area contributed by atoms with Crippen molar-refractivity contribution in [3.63, 3.8) is 0 Å². The molecule has 0 aliphatic carbocycles. The van der Waals surface area contributed by atoms with Gasteiger partial charge in [-0.05, 0) is 29.7 Å². The number of aromatic nitrogens is 1. The quantitative estimate of drug-likeness (QED) is 0.554. The van der Waals surface area contributed by atoms with Gasteiger partial charge >= 0.3 is 0 Å². The molecule has 164 valence electrons. The minimum absolute atomic E-state index is 0.0532. The SMILES string of the molecule is CC(CNCC1CNc2cc(C(N)=O)cnc2O1)c1ccc(C#N)cc1.c1ccccc1. The van der Waals surface area contributed by atoms with E-state index in [4.69, 9.17) is 15.7 Å². The van der Waals surface area contributed by atoms with E-state index in [1.54, 1.807) is 6.07 Å². The van der Waals surface area contributed by atoms with E-state index in [1.165, 1.54) is 11.8 Å². The van der Waals surface area contributed by atoms with Crippen LogP contribution in [0.4, 0.5) is 5.69 Å². The van der Waals surface area contributed by atoms with Gasteiger partial charge in [0, 0.05) is 19.3 Å². The number of primary amides is 1. The number of anilines is 1. The number of rotatable bonds is 6. The molecular formula is C25H27N5O2. The van der Waals surface area contributed by atoms with Crippen LogP contribution in [0.5, 0.6) is 5.88 Å². The summed E-state index contributed by atoms with van der Waals surface area (Å²) in [4.78, 5) is 15.4. The standard InChI is InChI=1S/C19H21N5O2.C6H6/c1-12(14-4-2-13(7-20)3-5-14)8-22-10-16-11-23-17-6-15(18(21)25)9-24-19(17)26-16;1-2-4-6-5-3-1/h2-6,9,12,16,22-23H,8,10-11H2,1H3,(H2,21,25);1-6H. The zero-order chi connectivity index (χ0) is 22.8. The first-order valence-corrected chi connectivity index (χ1v) is 10.5. The lowest BCUT2D eigenvalue weighted by Gasteiger charge is -2.27. The molecular weight excluding hydrogens is 402 g/mol. The number of nitrogens with zero attached hydrogens (tertiary/aromatic N) is 2. The van der Waals surface area contributed by atoms with Crippen LogP contribution >= 0.6 is 0 Å². The summed E-state index contributed by atoms with van der Waals surface area (Å²) < 4.78 is 5.86. The summed E-state index contributed by atoms with van der Waals surface area (Å²) >= 11 is 0. The highest BCUT2D eigenvalue weighted by Crippen LogP contribution is 2.27. The first kappa shape index (κ1) is 22.8. The molecule has 2 heterocycles. The summed E-state index contributed by atoms with van der Waals surface area (Å²) in [6, 6.07) is 23.4. The van der Waals surface area contributed by atoms with Crippen molar-refractivity contribution in [2.45, 2.75) is 18.9 Å².